The van der Waals surface area contributed by atoms with Gasteiger partial charge in [-0.2, -0.15) is 0 Å². The summed E-state index contributed by atoms with van der Waals surface area (Å²) in [5.41, 5.74) is 0.171. The molecule has 0 aliphatic heterocycles. The van der Waals surface area contributed by atoms with Gasteiger partial charge in [-0.15, -0.1) is 0 Å². The third-order valence-corrected chi connectivity index (χ3v) is 2.30. The van der Waals surface area contributed by atoms with Crippen molar-refractivity contribution < 1.29 is 37.6 Å². The molecule has 2 nitrogen and oxygen atoms in total. The SMILES string of the molecule is O=C([O-])c1cccc2ccc(Cl)cc12.[Hg+]. The molecule has 0 atom stereocenters. The smallest absolute Gasteiger partial charge is 0.545 e. The molecule has 0 aliphatic rings. The summed E-state index contributed by atoms with van der Waals surface area (Å²) < 4.78 is 0. The maximum Gasteiger partial charge on any atom is 1.00 e. The van der Waals surface area contributed by atoms with Crippen LogP contribution in [0.5, 0.6) is 0 Å². The van der Waals surface area contributed by atoms with Crippen LogP contribution >= 0.6 is 11.6 Å². The molecular formula is C11H6ClHgO2. The quantitative estimate of drug-likeness (QED) is 0.679. The van der Waals surface area contributed by atoms with Gasteiger partial charge in [0.1, 0.15) is 0 Å². The van der Waals surface area contributed by atoms with E-state index in [2.05, 4.69) is 0 Å². The van der Waals surface area contributed by atoms with Gasteiger partial charge in [-0.25, -0.2) is 0 Å². The second kappa shape index (κ2) is 4.95. The molecule has 1 radical (unpaired) electrons. The number of carbonyl (C=O) groups is 1. The summed E-state index contributed by atoms with van der Waals surface area (Å²) in [6.45, 7) is 0. The van der Waals surface area contributed by atoms with E-state index in [9.17, 15) is 9.90 Å². The molecule has 2 rings (SSSR count). The Hall–Kier alpha value is -0.605. The van der Waals surface area contributed by atoms with Crippen LogP contribution in [-0.2, 0) is 27.7 Å². The predicted molar refractivity (Wildman–Crippen MR) is 53.3 cm³/mol. The van der Waals surface area contributed by atoms with Crippen molar-refractivity contribution in [2.24, 2.45) is 0 Å². The standard InChI is InChI=1S/C11H7ClO2.Hg/c12-8-5-4-7-2-1-3-9(11(13)14)10(7)6-8;/h1-6H,(H,13,14);/q;+1/p-1. The van der Waals surface area contributed by atoms with Gasteiger partial charge in [-0.3, -0.25) is 0 Å². The second-order valence-electron chi connectivity index (χ2n) is 2.96. The first-order valence-corrected chi connectivity index (χ1v) is 4.46. The molecule has 0 N–H and O–H groups in total. The largest absolute Gasteiger partial charge is 1.00 e. The number of benzene rings is 2. The van der Waals surface area contributed by atoms with Gasteiger partial charge in [0.2, 0.25) is 0 Å². The number of fused-ring (bicyclic) bond motifs is 1. The maximum absolute atomic E-state index is 10.8. The minimum Gasteiger partial charge on any atom is -0.545 e. The molecule has 0 aliphatic carbocycles. The van der Waals surface area contributed by atoms with Gasteiger partial charge < -0.3 is 9.90 Å². The Morgan fingerprint density at radius 3 is 2.60 bits per heavy atom. The van der Waals surface area contributed by atoms with Crippen LogP contribution in [0.4, 0.5) is 0 Å². The van der Waals surface area contributed by atoms with Gasteiger partial charge in [-0.05, 0) is 22.9 Å². The number of aromatic carboxylic acids is 1. The summed E-state index contributed by atoms with van der Waals surface area (Å²) >= 11 is 5.78. The topological polar surface area (TPSA) is 40.1 Å². The zero-order valence-corrected chi connectivity index (χ0v) is 14.1. The average molecular weight is 406 g/mol. The minimum absolute atomic E-state index is 0. The summed E-state index contributed by atoms with van der Waals surface area (Å²) in [5, 5.41) is 12.7. The first-order valence-electron chi connectivity index (χ1n) is 4.08. The second-order valence-corrected chi connectivity index (χ2v) is 3.39. The van der Waals surface area contributed by atoms with Gasteiger partial charge in [0.15, 0.2) is 0 Å². The van der Waals surface area contributed by atoms with Crippen molar-refractivity contribution in [1.29, 1.82) is 0 Å². The van der Waals surface area contributed by atoms with Crippen molar-refractivity contribution in [3.8, 4) is 0 Å². The summed E-state index contributed by atoms with van der Waals surface area (Å²) in [6, 6.07) is 10.2. The van der Waals surface area contributed by atoms with E-state index in [0.717, 1.165) is 5.39 Å². The van der Waals surface area contributed by atoms with Crippen molar-refractivity contribution >= 4 is 28.3 Å². The molecule has 0 bridgehead atoms. The fourth-order valence-corrected chi connectivity index (χ4v) is 1.59. The Labute approximate surface area is 112 Å². The molecule has 4 heteroatoms. The van der Waals surface area contributed by atoms with Crippen molar-refractivity contribution in [3.63, 3.8) is 0 Å². The van der Waals surface area contributed by atoms with Crippen molar-refractivity contribution in [2.75, 3.05) is 0 Å². The maximum atomic E-state index is 10.8. The van der Waals surface area contributed by atoms with Gasteiger partial charge in [0.05, 0.1) is 5.97 Å². The van der Waals surface area contributed by atoms with Crippen LogP contribution in [0, 0.1) is 0 Å². The Morgan fingerprint density at radius 2 is 1.93 bits per heavy atom. The molecule has 0 fully saturated rings. The van der Waals surface area contributed by atoms with E-state index < -0.39 is 5.97 Å². The zero-order chi connectivity index (χ0) is 10.1. The number of carboxylic acids is 1. The molecule has 2 aromatic carbocycles. The van der Waals surface area contributed by atoms with Crippen LogP contribution in [0.3, 0.4) is 0 Å². The van der Waals surface area contributed by atoms with Gasteiger partial charge in [-0.1, -0.05) is 35.9 Å². The van der Waals surface area contributed by atoms with Gasteiger partial charge >= 0.3 is 27.7 Å². The van der Waals surface area contributed by atoms with Crippen LogP contribution in [0.15, 0.2) is 36.4 Å². The third kappa shape index (κ3) is 2.50. The molecule has 0 saturated heterocycles. The number of hydrogen-bond acceptors (Lipinski definition) is 2. The first-order chi connectivity index (χ1) is 6.68. The molecule has 15 heavy (non-hydrogen) atoms. The number of halogens is 1. The number of hydrogen-bond donors (Lipinski definition) is 0. The molecule has 71 valence electrons. The minimum atomic E-state index is -1.18. The number of rotatable bonds is 1. The van der Waals surface area contributed by atoms with E-state index >= 15 is 0 Å². The van der Waals surface area contributed by atoms with Gasteiger partial charge in [0, 0.05) is 10.6 Å². The predicted octanol–water partition coefficient (Wildman–Crippen LogP) is 1.85. The first kappa shape index (κ1) is 12.5. The zero-order valence-electron chi connectivity index (χ0n) is 7.87. The third-order valence-electron chi connectivity index (χ3n) is 2.06. The summed E-state index contributed by atoms with van der Waals surface area (Å²) in [7, 11) is 0. The summed E-state index contributed by atoms with van der Waals surface area (Å²) in [6.07, 6.45) is 0. The molecule has 0 aromatic heterocycles. The van der Waals surface area contributed by atoms with Crippen LogP contribution in [0.25, 0.3) is 10.8 Å². The van der Waals surface area contributed by atoms with Crippen molar-refractivity contribution in [2.45, 2.75) is 0 Å². The molecule has 0 unspecified atom stereocenters. The van der Waals surface area contributed by atoms with E-state index in [1.807, 2.05) is 6.07 Å². The Balaban J connectivity index is 0.00000112. The van der Waals surface area contributed by atoms with E-state index in [1.165, 1.54) is 6.07 Å². The summed E-state index contributed by atoms with van der Waals surface area (Å²) in [5.74, 6) is -1.18. The van der Waals surface area contributed by atoms with Crippen molar-refractivity contribution in [1.82, 2.24) is 0 Å². The molecule has 0 spiro atoms. The van der Waals surface area contributed by atoms with Gasteiger partial charge in [0.25, 0.3) is 0 Å². The monoisotopic (exact) mass is 407 g/mol. The Bertz CT molecular complexity index is 511. The van der Waals surface area contributed by atoms with E-state index in [4.69, 9.17) is 11.6 Å². The summed E-state index contributed by atoms with van der Waals surface area (Å²) in [4.78, 5) is 10.8. The van der Waals surface area contributed by atoms with E-state index in [1.54, 1.807) is 24.3 Å². The van der Waals surface area contributed by atoms with Crippen LogP contribution in [0.1, 0.15) is 10.4 Å². The van der Waals surface area contributed by atoms with E-state index in [-0.39, 0.29) is 33.2 Å². The van der Waals surface area contributed by atoms with Crippen LogP contribution in [-0.4, -0.2) is 5.97 Å². The number of carboxylic acid groups (broad SMARTS) is 1. The Kier molecular flexibility index (Phi) is 4.11. The molecule has 0 amide bonds. The molecular weight excluding hydrogens is 400 g/mol. The Morgan fingerprint density at radius 1 is 1.20 bits per heavy atom. The average Bonchev–Trinajstić information content (AvgIpc) is 2.16. The normalized spacial score (nSPS) is 9.67. The van der Waals surface area contributed by atoms with Crippen LogP contribution in [0.2, 0.25) is 5.02 Å². The molecule has 2 aromatic rings. The fraction of sp³-hybridized carbons (Fsp3) is 0. The molecule has 0 heterocycles. The van der Waals surface area contributed by atoms with Crippen LogP contribution < -0.4 is 5.11 Å². The van der Waals surface area contributed by atoms with E-state index in [0.29, 0.717) is 10.4 Å². The van der Waals surface area contributed by atoms with Crippen molar-refractivity contribution in [3.05, 3.63) is 47.0 Å². The fourth-order valence-electron chi connectivity index (χ4n) is 1.42. The number of carbonyl (C=O) groups excluding carboxylic acids is 1. The molecule has 0 saturated carbocycles.